The third-order valence-corrected chi connectivity index (χ3v) is 3.90. The predicted molar refractivity (Wildman–Crippen MR) is 84.5 cm³/mol. The number of benzene rings is 2. The molecule has 0 spiro atoms. The third kappa shape index (κ3) is 4.58. The number of aliphatic hydroxyl groups excluding tert-OH is 1. The Balaban J connectivity index is 1.78. The van der Waals surface area contributed by atoms with Gasteiger partial charge < -0.3 is 9.84 Å². The molecular weight excluding hydrogens is 268 g/mol. The maximum Gasteiger partial charge on any atom is 0.119 e. The third-order valence-electron chi connectivity index (χ3n) is 2.92. The highest BCUT2D eigenvalue weighted by molar-refractivity contribution is 7.99. The predicted octanol–water partition coefficient (Wildman–Crippen LogP) is 3.97. The van der Waals surface area contributed by atoms with Crippen LogP contribution in [0.15, 0.2) is 47.4 Å². The molecule has 20 heavy (non-hydrogen) atoms. The van der Waals surface area contributed by atoms with Crippen LogP contribution in [-0.2, 0) is 6.61 Å². The number of thioether (sulfide) groups is 1. The molecule has 0 fully saturated rings. The fourth-order valence-corrected chi connectivity index (χ4v) is 2.76. The van der Waals surface area contributed by atoms with Gasteiger partial charge in [0.1, 0.15) is 5.75 Å². The van der Waals surface area contributed by atoms with Crippen molar-refractivity contribution in [1.29, 1.82) is 0 Å². The first-order valence-electron chi connectivity index (χ1n) is 6.71. The van der Waals surface area contributed by atoms with Gasteiger partial charge in [-0.3, -0.25) is 0 Å². The first kappa shape index (κ1) is 14.9. The summed E-state index contributed by atoms with van der Waals surface area (Å²) in [7, 11) is 0. The average Bonchev–Trinajstić information content (AvgIpc) is 2.43. The standard InChI is InChI=1S/C17H20O2S/c1-13-9-14(2)11-16(10-13)19-7-8-20-17-5-3-15(12-18)4-6-17/h3-6,9-11,18H,7-8,12H2,1-2H3. The van der Waals surface area contributed by atoms with Crippen molar-refractivity contribution >= 4 is 11.8 Å². The summed E-state index contributed by atoms with van der Waals surface area (Å²) in [6.07, 6.45) is 0. The Kier molecular flexibility index (Phi) is 5.50. The van der Waals surface area contributed by atoms with Crippen molar-refractivity contribution in [2.45, 2.75) is 25.3 Å². The molecule has 0 saturated heterocycles. The second kappa shape index (κ2) is 7.36. The number of ether oxygens (including phenoxy) is 1. The quantitative estimate of drug-likeness (QED) is 0.644. The summed E-state index contributed by atoms with van der Waals surface area (Å²) < 4.78 is 5.77. The van der Waals surface area contributed by atoms with Crippen molar-refractivity contribution in [3.05, 3.63) is 59.2 Å². The Morgan fingerprint density at radius 1 is 1.00 bits per heavy atom. The van der Waals surface area contributed by atoms with Crippen LogP contribution in [0.25, 0.3) is 0 Å². The molecule has 106 valence electrons. The highest BCUT2D eigenvalue weighted by atomic mass is 32.2. The summed E-state index contributed by atoms with van der Waals surface area (Å²) in [4.78, 5) is 1.20. The van der Waals surface area contributed by atoms with Crippen molar-refractivity contribution in [2.75, 3.05) is 12.4 Å². The molecule has 2 rings (SSSR count). The monoisotopic (exact) mass is 288 g/mol. The first-order chi connectivity index (χ1) is 9.67. The lowest BCUT2D eigenvalue weighted by Gasteiger charge is -2.08. The summed E-state index contributed by atoms with van der Waals surface area (Å²) >= 11 is 1.76. The fraction of sp³-hybridized carbons (Fsp3) is 0.294. The Hall–Kier alpha value is -1.45. The molecule has 0 radical (unpaired) electrons. The van der Waals surface area contributed by atoms with Crippen LogP contribution >= 0.6 is 11.8 Å². The largest absolute Gasteiger partial charge is 0.493 e. The van der Waals surface area contributed by atoms with Gasteiger partial charge in [0.05, 0.1) is 13.2 Å². The maximum atomic E-state index is 8.99. The average molecular weight is 288 g/mol. The van der Waals surface area contributed by atoms with E-state index in [1.807, 2.05) is 24.3 Å². The van der Waals surface area contributed by atoms with Crippen molar-refractivity contribution in [3.8, 4) is 5.75 Å². The van der Waals surface area contributed by atoms with E-state index in [1.165, 1.54) is 16.0 Å². The van der Waals surface area contributed by atoms with Gasteiger partial charge in [-0.2, -0.15) is 0 Å². The molecule has 0 aliphatic heterocycles. The summed E-state index contributed by atoms with van der Waals surface area (Å²) in [6, 6.07) is 14.2. The SMILES string of the molecule is Cc1cc(C)cc(OCCSc2ccc(CO)cc2)c1. The minimum atomic E-state index is 0.0980. The number of rotatable bonds is 6. The van der Waals surface area contributed by atoms with Crippen LogP contribution < -0.4 is 4.74 Å². The normalized spacial score (nSPS) is 10.6. The summed E-state index contributed by atoms with van der Waals surface area (Å²) in [5.41, 5.74) is 3.40. The van der Waals surface area contributed by atoms with Crippen molar-refractivity contribution in [1.82, 2.24) is 0 Å². The Morgan fingerprint density at radius 3 is 2.25 bits per heavy atom. The van der Waals surface area contributed by atoms with Gasteiger partial charge in [-0.15, -0.1) is 11.8 Å². The van der Waals surface area contributed by atoms with E-state index in [1.54, 1.807) is 11.8 Å². The van der Waals surface area contributed by atoms with E-state index in [2.05, 4.69) is 32.0 Å². The van der Waals surface area contributed by atoms with Crippen LogP contribution in [0.5, 0.6) is 5.75 Å². The number of aliphatic hydroxyl groups is 1. The zero-order chi connectivity index (χ0) is 14.4. The smallest absolute Gasteiger partial charge is 0.119 e. The van der Waals surface area contributed by atoms with E-state index in [-0.39, 0.29) is 6.61 Å². The Morgan fingerprint density at radius 2 is 1.65 bits per heavy atom. The molecule has 0 unspecified atom stereocenters. The minimum Gasteiger partial charge on any atom is -0.493 e. The lowest BCUT2D eigenvalue weighted by Crippen LogP contribution is -2.00. The van der Waals surface area contributed by atoms with Gasteiger partial charge in [-0.1, -0.05) is 18.2 Å². The molecule has 0 amide bonds. The fourth-order valence-electron chi connectivity index (χ4n) is 2.03. The van der Waals surface area contributed by atoms with E-state index in [9.17, 15) is 0 Å². The number of hydrogen-bond acceptors (Lipinski definition) is 3. The molecule has 3 heteroatoms. The van der Waals surface area contributed by atoms with Gasteiger partial charge in [0.15, 0.2) is 0 Å². The minimum absolute atomic E-state index is 0.0980. The summed E-state index contributed by atoms with van der Waals surface area (Å²) in [5, 5.41) is 8.99. The molecular formula is C17H20O2S. The lowest BCUT2D eigenvalue weighted by molar-refractivity contribution is 0.282. The molecule has 0 saturated carbocycles. The topological polar surface area (TPSA) is 29.5 Å². The number of aryl methyl sites for hydroxylation is 2. The molecule has 0 aliphatic rings. The van der Waals surface area contributed by atoms with Crippen LogP contribution in [0.3, 0.4) is 0 Å². The molecule has 0 atom stereocenters. The van der Waals surface area contributed by atoms with Gasteiger partial charge in [0.2, 0.25) is 0 Å². The Labute approximate surface area is 124 Å². The highest BCUT2D eigenvalue weighted by Gasteiger charge is 1.98. The molecule has 0 aliphatic carbocycles. The summed E-state index contributed by atoms with van der Waals surface area (Å²) in [6.45, 7) is 4.95. The lowest BCUT2D eigenvalue weighted by atomic mass is 10.1. The zero-order valence-electron chi connectivity index (χ0n) is 11.9. The van der Waals surface area contributed by atoms with E-state index < -0.39 is 0 Å². The summed E-state index contributed by atoms with van der Waals surface area (Å²) in [5.74, 6) is 1.85. The zero-order valence-corrected chi connectivity index (χ0v) is 12.7. The van der Waals surface area contributed by atoms with Gasteiger partial charge in [0, 0.05) is 10.6 Å². The molecule has 0 heterocycles. The van der Waals surface area contributed by atoms with E-state index >= 15 is 0 Å². The van der Waals surface area contributed by atoms with Gasteiger partial charge >= 0.3 is 0 Å². The van der Waals surface area contributed by atoms with Gasteiger partial charge in [-0.25, -0.2) is 0 Å². The van der Waals surface area contributed by atoms with Crippen LogP contribution in [0, 0.1) is 13.8 Å². The second-order valence-corrected chi connectivity index (χ2v) is 5.99. The van der Waals surface area contributed by atoms with Crippen molar-refractivity contribution < 1.29 is 9.84 Å². The Bertz CT molecular complexity index is 529. The van der Waals surface area contributed by atoms with Gasteiger partial charge in [-0.05, 0) is 54.8 Å². The molecule has 2 aromatic carbocycles. The number of hydrogen-bond donors (Lipinski definition) is 1. The van der Waals surface area contributed by atoms with Crippen LogP contribution in [-0.4, -0.2) is 17.5 Å². The first-order valence-corrected chi connectivity index (χ1v) is 7.69. The van der Waals surface area contributed by atoms with E-state index in [0.717, 1.165) is 17.1 Å². The van der Waals surface area contributed by atoms with Crippen molar-refractivity contribution in [3.63, 3.8) is 0 Å². The van der Waals surface area contributed by atoms with Crippen LogP contribution in [0.1, 0.15) is 16.7 Å². The van der Waals surface area contributed by atoms with E-state index in [4.69, 9.17) is 9.84 Å². The molecule has 0 bridgehead atoms. The molecule has 0 aromatic heterocycles. The molecule has 2 aromatic rings. The van der Waals surface area contributed by atoms with Crippen molar-refractivity contribution in [2.24, 2.45) is 0 Å². The second-order valence-electron chi connectivity index (χ2n) is 4.82. The van der Waals surface area contributed by atoms with Crippen LogP contribution in [0.4, 0.5) is 0 Å². The molecule has 1 N–H and O–H groups in total. The van der Waals surface area contributed by atoms with Gasteiger partial charge in [0.25, 0.3) is 0 Å². The molecule has 2 nitrogen and oxygen atoms in total. The maximum absolute atomic E-state index is 8.99. The van der Waals surface area contributed by atoms with Crippen LogP contribution in [0.2, 0.25) is 0 Å². The highest BCUT2D eigenvalue weighted by Crippen LogP contribution is 2.20. The van der Waals surface area contributed by atoms with E-state index in [0.29, 0.717) is 6.61 Å².